The van der Waals surface area contributed by atoms with E-state index in [2.05, 4.69) is 29.2 Å². The number of rotatable bonds is 3. The monoisotopic (exact) mass is 289 g/mol. The maximum Gasteiger partial charge on any atom is 0.137 e. The second kappa shape index (κ2) is 6.48. The molecule has 1 saturated heterocycles. The summed E-state index contributed by atoms with van der Waals surface area (Å²) in [5.74, 6) is 0. The molecule has 21 heavy (non-hydrogen) atoms. The zero-order chi connectivity index (χ0) is 15.5. The Balaban J connectivity index is 1.92. The molecule has 0 N–H and O–H groups in total. The fourth-order valence-corrected chi connectivity index (χ4v) is 3.15. The predicted molar refractivity (Wildman–Crippen MR) is 81.7 cm³/mol. The van der Waals surface area contributed by atoms with Crippen molar-refractivity contribution in [3.63, 3.8) is 0 Å². The van der Waals surface area contributed by atoms with Gasteiger partial charge in [-0.05, 0) is 39.2 Å². The van der Waals surface area contributed by atoms with Gasteiger partial charge in [0.1, 0.15) is 6.09 Å². The van der Waals surface area contributed by atoms with Crippen molar-refractivity contribution in [3.05, 3.63) is 35.9 Å². The molecule has 0 bridgehead atoms. The van der Waals surface area contributed by atoms with E-state index in [1.54, 1.807) is 0 Å². The fourth-order valence-electron chi connectivity index (χ4n) is 3.15. The molecule has 1 aromatic carbocycles. The van der Waals surface area contributed by atoms with Gasteiger partial charge in [0.2, 0.25) is 0 Å². The molecule has 0 radical (unpaired) electrons. The minimum Gasteiger partial charge on any atom is -0.530 e. The molecule has 2 rings (SSSR count). The molecule has 0 aromatic heterocycles. The van der Waals surface area contributed by atoms with E-state index in [0.29, 0.717) is 0 Å². The highest BCUT2D eigenvalue weighted by atomic mass is 16.4. The number of carbonyl (C=O) groups excluding carboxylic acids is 1. The van der Waals surface area contributed by atoms with Crippen LogP contribution in [0.5, 0.6) is 0 Å². The maximum absolute atomic E-state index is 11.4. The van der Waals surface area contributed by atoms with Gasteiger partial charge in [0.15, 0.2) is 0 Å². The molecule has 1 aliphatic heterocycles. The molecule has 1 amide bonds. The molecule has 1 heterocycles. The van der Waals surface area contributed by atoms with Crippen LogP contribution < -0.4 is 5.11 Å². The Morgan fingerprint density at radius 3 is 2.29 bits per heavy atom. The minimum absolute atomic E-state index is 0.0713. The summed E-state index contributed by atoms with van der Waals surface area (Å²) in [5, 5.41) is 11.4. The third-order valence-electron chi connectivity index (χ3n) is 4.09. The quantitative estimate of drug-likeness (QED) is 0.856. The highest BCUT2D eigenvalue weighted by Crippen LogP contribution is 2.24. The number of benzene rings is 1. The van der Waals surface area contributed by atoms with Gasteiger partial charge in [-0.2, -0.15) is 0 Å². The smallest absolute Gasteiger partial charge is 0.137 e. The van der Waals surface area contributed by atoms with Gasteiger partial charge in [-0.25, -0.2) is 0 Å². The number of hydrogen-bond donors (Lipinski definition) is 0. The van der Waals surface area contributed by atoms with Crippen LogP contribution in [0.15, 0.2) is 30.3 Å². The lowest BCUT2D eigenvalue weighted by Crippen LogP contribution is -2.58. The van der Waals surface area contributed by atoms with Crippen LogP contribution in [0.3, 0.4) is 0 Å². The normalized spacial score (nSPS) is 17.7. The summed E-state index contributed by atoms with van der Waals surface area (Å²) in [4.78, 5) is 15.3. The molecule has 0 atom stereocenters. The Hall–Kier alpha value is -1.55. The highest BCUT2D eigenvalue weighted by molar-refractivity contribution is 5.64. The van der Waals surface area contributed by atoms with Crippen LogP contribution in [0.25, 0.3) is 0 Å². The van der Waals surface area contributed by atoms with E-state index < -0.39 is 11.6 Å². The van der Waals surface area contributed by atoms with Crippen molar-refractivity contribution in [2.45, 2.75) is 51.7 Å². The van der Waals surface area contributed by atoms with Crippen molar-refractivity contribution < 1.29 is 9.90 Å². The molecule has 4 nitrogen and oxygen atoms in total. The van der Waals surface area contributed by atoms with Crippen LogP contribution in [0.2, 0.25) is 0 Å². The van der Waals surface area contributed by atoms with Gasteiger partial charge in [-0.1, -0.05) is 30.3 Å². The SMILES string of the molecule is CC(C)(C)N(C(=O)[O-])C1CCN(Cc2ccccc2)CC1. The van der Waals surface area contributed by atoms with Gasteiger partial charge in [0.25, 0.3) is 0 Å². The van der Waals surface area contributed by atoms with Crippen molar-refractivity contribution in [1.29, 1.82) is 0 Å². The van der Waals surface area contributed by atoms with Crippen molar-refractivity contribution in [2.24, 2.45) is 0 Å². The van der Waals surface area contributed by atoms with Gasteiger partial charge in [0.05, 0.1) is 0 Å². The molecule has 1 fully saturated rings. The number of carboxylic acid groups (broad SMARTS) is 1. The van der Waals surface area contributed by atoms with E-state index in [-0.39, 0.29) is 6.04 Å². The van der Waals surface area contributed by atoms with Crippen LogP contribution in [-0.4, -0.2) is 40.6 Å². The third kappa shape index (κ3) is 4.21. The van der Waals surface area contributed by atoms with Crippen molar-refractivity contribution in [1.82, 2.24) is 9.80 Å². The number of hydrogen-bond acceptors (Lipinski definition) is 3. The Kier molecular flexibility index (Phi) is 4.88. The lowest BCUT2D eigenvalue weighted by Gasteiger charge is -2.46. The van der Waals surface area contributed by atoms with Crippen LogP contribution in [0, 0.1) is 0 Å². The van der Waals surface area contributed by atoms with Crippen molar-refractivity contribution in [2.75, 3.05) is 13.1 Å². The van der Waals surface area contributed by atoms with Gasteiger partial charge < -0.3 is 14.8 Å². The molecule has 116 valence electrons. The molecule has 0 spiro atoms. The molecule has 0 aliphatic carbocycles. The number of carbonyl (C=O) groups is 1. The van der Waals surface area contributed by atoms with E-state index in [1.807, 2.05) is 26.8 Å². The number of amides is 1. The first-order valence-corrected chi connectivity index (χ1v) is 7.64. The van der Waals surface area contributed by atoms with Crippen molar-refractivity contribution >= 4 is 6.09 Å². The van der Waals surface area contributed by atoms with Gasteiger partial charge >= 0.3 is 0 Å². The fraction of sp³-hybridized carbons (Fsp3) is 0.588. The van der Waals surface area contributed by atoms with Gasteiger partial charge in [-0.3, -0.25) is 4.90 Å². The lowest BCUT2D eigenvalue weighted by molar-refractivity contribution is -0.274. The Bertz CT molecular complexity index is 459. The third-order valence-corrected chi connectivity index (χ3v) is 4.09. The van der Waals surface area contributed by atoms with Crippen LogP contribution >= 0.6 is 0 Å². The summed E-state index contributed by atoms with van der Waals surface area (Å²) in [6.45, 7) is 8.59. The van der Waals surface area contributed by atoms with E-state index >= 15 is 0 Å². The van der Waals surface area contributed by atoms with E-state index in [1.165, 1.54) is 10.5 Å². The van der Waals surface area contributed by atoms with Gasteiger partial charge in [0, 0.05) is 31.2 Å². The first kappa shape index (κ1) is 15.8. The zero-order valence-corrected chi connectivity index (χ0v) is 13.2. The topological polar surface area (TPSA) is 46.6 Å². The van der Waals surface area contributed by atoms with Crippen LogP contribution in [-0.2, 0) is 6.54 Å². The average molecular weight is 289 g/mol. The summed E-state index contributed by atoms with van der Waals surface area (Å²) in [5.41, 5.74) is 0.911. The highest BCUT2D eigenvalue weighted by Gasteiger charge is 2.31. The molecular weight excluding hydrogens is 264 g/mol. The van der Waals surface area contributed by atoms with Crippen LogP contribution in [0.4, 0.5) is 4.79 Å². The summed E-state index contributed by atoms with van der Waals surface area (Å²) in [7, 11) is 0. The largest absolute Gasteiger partial charge is 0.530 e. The molecule has 0 saturated carbocycles. The number of piperidine rings is 1. The average Bonchev–Trinajstić information content (AvgIpc) is 2.40. The molecule has 4 heteroatoms. The first-order chi connectivity index (χ1) is 9.88. The van der Waals surface area contributed by atoms with Crippen LogP contribution in [0.1, 0.15) is 39.2 Å². The first-order valence-electron chi connectivity index (χ1n) is 7.64. The number of nitrogens with zero attached hydrogens (tertiary/aromatic N) is 2. The molecule has 0 unspecified atom stereocenters. The standard InChI is InChI=1S/C17H26N2O2/c1-17(2,3)19(16(20)21)15-9-11-18(12-10-15)13-14-7-5-4-6-8-14/h4-8,15H,9-13H2,1-3H3,(H,20,21)/p-1. The minimum atomic E-state index is -1.05. The maximum atomic E-state index is 11.4. The number of likely N-dealkylation sites (tertiary alicyclic amines) is 1. The second-order valence-electron chi connectivity index (χ2n) is 6.80. The molecular formula is C17H25N2O2-. The zero-order valence-electron chi connectivity index (χ0n) is 13.2. The Morgan fingerprint density at radius 1 is 1.24 bits per heavy atom. The van der Waals surface area contributed by atoms with E-state index in [4.69, 9.17) is 0 Å². The summed E-state index contributed by atoms with van der Waals surface area (Å²) in [6.07, 6.45) is 0.694. The predicted octanol–water partition coefficient (Wildman–Crippen LogP) is 2.09. The lowest BCUT2D eigenvalue weighted by atomic mass is 9.96. The molecule has 1 aliphatic rings. The summed E-state index contributed by atoms with van der Waals surface area (Å²) >= 11 is 0. The Morgan fingerprint density at radius 2 is 1.81 bits per heavy atom. The summed E-state index contributed by atoms with van der Waals surface area (Å²) < 4.78 is 0. The Labute approximate surface area is 127 Å². The van der Waals surface area contributed by atoms with E-state index in [0.717, 1.165) is 32.5 Å². The molecule has 1 aromatic rings. The summed E-state index contributed by atoms with van der Waals surface area (Å²) in [6, 6.07) is 10.5. The van der Waals surface area contributed by atoms with Crippen molar-refractivity contribution in [3.8, 4) is 0 Å². The van der Waals surface area contributed by atoms with E-state index in [9.17, 15) is 9.90 Å². The second-order valence-corrected chi connectivity index (χ2v) is 6.80. The van der Waals surface area contributed by atoms with Gasteiger partial charge in [-0.15, -0.1) is 0 Å².